The van der Waals surface area contributed by atoms with Gasteiger partial charge in [0.1, 0.15) is 0 Å². The lowest BCUT2D eigenvalue weighted by atomic mass is 9.98. The van der Waals surface area contributed by atoms with Crippen molar-refractivity contribution in [1.29, 1.82) is 0 Å². The van der Waals surface area contributed by atoms with E-state index in [1.807, 2.05) is 13.0 Å². The molecule has 0 spiro atoms. The van der Waals surface area contributed by atoms with Gasteiger partial charge in [-0.3, -0.25) is 0 Å². The van der Waals surface area contributed by atoms with Gasteiger partial charge < -0.3 is 23.7 Å². The van der Waals surface area contributed by atoms with Gasteiger partial charge in [-0.25, -0.2) is 14.4 Å². The van der Waals surface area contributed by atoms with Crippen molar-refractivity contribution in [2.45, 2.75) is 76.3 Å². The van der Waals surface area contributed by atoms with Crippen LogP contribution in [-0.4, -0.2) is 54.7 Å². The molecule has 1 aliphatic heterocycles. The van der Waals surface area contributed by atoms with Crippen molar-refractivity contribution in [1.82, 2.24) is 0 Å². The van der Waals surface area contributed by atoms with Crippen LogP contribution in [0.3, 0.4) is 0 Å². The smallest absolute Gasteiger partial charge is 0.338 e. The number of carbonyl (C=O) groups excluding carboxylic acids is 3. The molecule has 1 heterocycles. The zero-order chi connectivity index (χ0) is 30.6. The molecule has 0 aliphatic carbocycles. The second-order valence-electron chi connectivity index (χ2n) is 10.4. The summed E-state index contributed by atoms with van der Waals surface area (Å²) in [5.41, 5.74) is 0.895. The summed E-state index contributed by atoms with van der Waals surface area (Å²) in [5.74, 6) is -1.97. The molecule has 43 heavy (non-hydrogen) atoms. The van der Waals surface area contributed by atoms with Gasteiger partial charge >= 0.3 is 17.9 Å². The van der Waals surface area contributed by atoms with Crippen LogP contribution in [0.4, 0.5) is 0 Å². The molecule has 226 valence electrons. The molecule has 4 rings (SSSR count). The maximum absolute atomic E-state index is 13.4. The first-order valence-corrected chi connectivity index (χ1v) is 14.6. The number of carbonyl (C=O) groups is 3. The summed E-state index contributed by atoms with van der Waals surface area (Å²) in [6, 6.07) is 25.3. The monoisotopic (exact) mass is 586 g/mol. The van der Waals surface area contributed by atoms with Gasteiger partial charge in [0.05, 0.1) is 28.9 Å². The third kappa shape index (κ3) is 8.86. The molecule has 3 aromatic rings. The second-order valence-corrected chi connectivity index (χ2v) is 10.4. The van der Waals surface area contributed by atoms with E-state index < -0.39 is 48.6 Å². The largest absolute Gasteiger partial charge is 0.452 e. The average molecular weight is 587 g/mol. The first-order valence-electron chi connectivity index (χ1n) is 14.6. The highest BCUT2D eigenvalue weighted by atomic mass is 16.7. The third-order valence-electron chi connectivity index (χ3n) is 7.12. The molecule has 1 saturated heterocycles. The van der Waals surface area contributed by atoms with Crippen molar-refractivity contribution >= 4 is 17.9 Å². The highest BCUT2D eigenvalue weighted by Gasteiger charge is 2.52. The second kappa shape index (κ2) is 15.8. The molecule has 1 aliphatic rings. The highest BCUT2D eigenvalue weighted by Crippen LogP contribution is 2.32. The van der Waals surface area contributed by atoms with E-state index in [1.54, 1.807) is 97.9 Å². The molecular weight excluding hydrogens is 548 g/mol. The van der Waals surface area contributed by atoms with Crippen molar-refractivity contribution in [3.63, 3.8) is 0 Å². The van der Waals surface area contributed by atoms with Crippen LogP contribution in [0.25, 0.3) is 0 Å². The Kier molecular flexibility index (Phi) is 11.6. The quantitative estimate of drug-likeness (QED) is 0.0962. The van der Waals surface area contributed by atoms with Gasteiger partial charge in [0, 0.05) is 0 Å². The average Bonchev–Trinajstić information content (AvgIpc) is 3.03. The van der Waals surface area contributed by atoms with Gasteiger partial charge in [0.2, 0.25) is 0 Å². The Morgan fingerprint density at radius 3 is 1.63 bits per heavy atom. The van der Waals surface area contributed by atoms with Crippen LogP contribution in [0.15, 0.2) is 104 Å². The fourth-order valence-electron chi connectivity index (χ4n) is 4.82. The van der Waals surface area contributed by atoms with E-state index in [1.165, 1.54) is 0 Å². The minimum absolute atomic E-state index is 0.270. The molecule has 0 radical (unpaired) electrons. The Balaban J connectivity index is 1.66. The summed E-state index contributed by atoms with van der Waals surface area (Å²) in [6.45, 7) is 7.37. The van der Waals surface area contributed by atoms with Gasteiger partial charge in [-0.1, -0.05) is 67.1 Å². The molecule has 0 N–H and O–H groups in total. The van der Waals surface area contributed by atoms with Crippen LogP contribution in [0.5, 0.6) is 0 Å². The van der Waals surface area contributed by atoms with Crippen LogP contribution in [-0.2, 0) is 23.7 Å². The first-order chi connectivity index (χ1) is 20.9. The number of benzene rings is 3. The van der Waals surface area contributed by atoms with E-state index in [0.29, 0.717) is 11.1 Å². The zero-order valence-electron chi connectivity index (χ0n) is 24.5. The van der Waals surface area contributed by atoms with E-state index in [0.717, 1.165) is 25.7 Å². The minimum Gasteiger partial charge on any atom is -0.452 e. The first kappa shape index (κ1) is 31.7. The van der Waals surface area contributed by atoms with Crippen LogP contribution in [0.2, 0.25) is 0 Å². The number of hydrogen-bond acceptors (Lipinski definition) is 8. The molecule has 1 unspecified atom stereocenters. The molecule has 6 atom stereocenters. The molecule has 8 heteroatoms. The molecular formula is C35H38O8. The molecule has 8 nitrogen and oxygen atoms in total. The van der Waals surface area contributed by atoms with E-state index in [4.69, 9.17) is 23.7 Å². The number of unbranched alkanes of at least 4 members (excludes halogenated alkanes) is 2. The van der Waals surface area contributed by atoms with Crippen LogP contribution in [0.1, 0.15) is 70.6 Å². The summed E-state index contributed by atoms with van der Waals surface area (Å²) in [5, 5.41) is 0. The van der Waals surface area contributed by atoms with E-state index >= 15 is 0 Å². The van der Waals surface area contributed by atoms with Crippen molar-refractivity contribution in [2.75, 3.05) is 0 Å². The molecule has 0 amide bonds. The molecule has 0 saturated carbocycles. The van der Waals surface area contributed by atoms with Crippen LogP contribution in [0, 0.1) is 0 Å². The lowest BCUT2D eigenvalue weighted by molar-refractivity contribution is -0.300. The van der Waals surface area contributed by atoms with Crippen LogP contribution >= 0.6 is 0 Å². The molecule has 0 bridgehead atoms. The fraction of sp³-hybridized carbons (Fsp3) is 0.343. The maximum Gasteiger partial charge on any atom is 0.338 e. The van der Waals surface area contributed by atoms with Gasteiger partial charge in [-0.15, -0.1) is 6.58 Å². The Morgan fingerprint density at radius 2 is 1.16 bits per heavy atom. The maximum atomic E-state index is 13.4. The normalized spacial score (nSPS) is 22.1. The molecule has 3 aromatic carbocycles. The van der Waals surface area contributed by atoms with Crippen molar-refractivity contribution in [2.24, 2.45) is 0 Å². The number of hydrogen-bond donors (Lipinski definition) is 0. The fourth-order valence-corrected chi connectivity index (χ4v) is 4.82. The Bertz CT molecular complexity index is 1330. The summed E-state index contributed by atoms with van der Waals surface area (Å²) >= 11 is 0. The third-order valence-corrected chi connectivity index (χ3v) is 7.12. The van der Waals surface area contributed by atoms with E-state index in [2.05, 4.69) is 6.58 Å². The Hall–Kier alpha value is -4.27. The lowest BCUT2D eigenvalue weighted by Gasteiger charge is -2.44. The van der Waals surface area contributed by atoms with Gasteiger partial charge in [-0.05, 0) is 69.5 Å². The lowest BCUT2D eigenvalue weighted by Crippen LogP contribution is -2.61. The predicted octanol–water partition coefficient (Wildman–Crippen LogP) is 6.56. The standard InChI is InChI=1S/C35H38O8/c1-4-5-6-10-17-24(2)39-35-31(43-34(38)28-22-15-9-16-23-28)30(42-33(37)27-20-13-8-14-21-27)29(25(3)40-35)41-32(36)26-18-11-7-12-19-26/h4,7-9,11-16,18-25,29-31,35H,1,5-6,10,17H2,2-3H3/t24-,25+,29+,30-,31-,35?/m1/s1. The number of rotatable bonds is 13. The van der Waals surface area contributed by atoms with E-state index in [9.17, 15) is 14.4 Å². The van der Waals surface area contributed by atoms with Crippen molar-refractivity contribution in [3.05, 3.63) is 120 Å². The number of allylic oxidation sites excluding steroid dienone is 1. The SMILES string of the molecule is C=CCCCC[C@@H](C)OC1O[C@@H](C)[C@H](OC(=O)c2ccccc2)[C@@H](OC(=O)c2ccccc2)[C@H]1OC(=O)c1ccccc1. The van der Waals surface area contributed by atoms with Gasteiger partial charge in [-0.2, -0.15) is 0 Å². The summed E-state index contributed by atoms with van der Waals surface area (Å²) in [7, 11) is 0. The summed E-state index contributed by atoms with van der Waals surface area (Å²) in [6.07, 6.45) is -0.396. The van der Waals surface area contributed by atoms with Crippen molar-refractivity contribution < 1.29 is 38.1 Å². The Labute approximate surface area is 252 Å². The zero-order valence-corrected chi connectivity index (χ0v) is 24.5. The topological polar surface area (TPSA) is 97.4 Å². The minimum atomic E-state index is -1.25. The predicted molar refractivity (Wildman–Crippen MR) is 160 cm³/mol. The highest BCUT2D eigenvalue weighted by molar-refractivity contribution is 5.91. The summed E-state index contributed by atoms with van der Waals surface area (Å²) < 4.78 is 30.4. The van der Waals surface area contributed by atoms with Crippen molar-refractivity contribution in [3.8, 4) is 0 Å². The Morgan fingerprint density at radius 1 is 0.721 bits per heavy atom. The van der Waals surface area contributed by atoms with Gasteiger partial charge in [0.25, 0.3) is 0 Å². The number of ether oxygens (including phenoxy) is 5. The van der Waals surface area contributed by atoms with Gasteiger partial charge in [0.15, 0.2) is 24.6 Å². The van der Waals surface area contributed by atoms with E-state index in [-0.39, 0.29) is 11.7 Å². The summed E-state index contributed by atoms with van der Waals surface area (Å²) in [4.78, 5) is 39.9. The number of esters is 3. The van der Waals surface area contributed by atoms with Crippen LogP contribution < -0.4 is 0 Å². The molecule has 1 fully saturated rings. The molecule has 0 aromatic heterocycles.